The monoisotopic (exact) mass is 300 g/mol. The molecule has 0 atom stereocenters. The van der Waals surface area contributed by atoms with E-state index in [9.17, 15) is 9.59 Å². The molecule has 4 heteroatoms. The molecule has 2 amide bonds. The summed E-state index contributed by atoms with van der Waals surface area (Å²) in [5.41, 5.74) is 2.31. The Kier molecular flexibility index (Phi) is 5.75. The lowest BCUT2D eigenvalue weighted by molar-refractivity contribution is -0.122. The Morgan fingerprint density at radius 1 is 1.14 bits per heavy atom. The molecule has 22 heavy (non-hydrogen) atoms. The largest absolute Gasteiger partial charge is 0.348 e. The fourth-order valence-corrected chi connectivity index (χ4v) is 2.76. The lowest BCUT2D eigenvalue weighted by Gasteiger charge is -2.23. The summed E-state index contributed by atoms with van der Waals surface area (Å²) in [7, 11) is 0. The van der Waals surface area contributed by atoms with E-state index in [1.165, 1.54) is 13.3 Å². The zero-order valence-electron chi connectivity index (χ0n) is 13.3. The molecule has 1 saturated carbocycles. The Labute approximate surface area is 132 Å². The fraction of sp³-hybridized carbons (Fsp3) is 0.444. The molecule has 0 spiro atoms. The van der Waals surface area contributed by atoms with Gasteiger partial charge in [0.05, 0.1) is 0 Å². The van der Waals surface area contributed by atoms with Gasteiger partial charge in [-0.3, -0.25) is 9.59 Å². The van der Waals surface area contributed by atoms with Gasteiger partial charge in [0.15, 0.2) is 0 Å². The maximum absolute atomic E-state index is 12.5. The van der Waals surface area contributed by atoms with Crippen molar-refractivity contribution in [2.75, 3.05) is 0 Å². The molecule has 1 aromatic rings. The van der Waals surface area contributed by atoms with E-state index in [0.717, 1.165) is 36.8 Å². The van der Waals surface area contributed by atoms with Crippen LogP contribution in [0.5, 0.6) is 0 Å². The van der Waals surface area contributed by atoms with E-state index in [0.29, 0.717) is 5.70 Å². The molecule has 0 radical (unpaired) electrons. The first-order valence-electron chi connectivity index (χ1n) is 7.92. The minimum Gasteiger partial charge on any atom is -0.348 e. The van der Waals surface area contributed by atoms with E-state index in [1.807, 2.05) is 31.2 Å². The molecule has 0 heterocycles. The first kappa shape index (κ1) is 16.3. The van der Waals surface area contributed by atoms with E-state index in [4.69, 9.17) is 0 Å². The number of hydrogen-bond acceptors (Lipinski definition) is 2. The van der Waals surface area contributed by atoms with Gasteiger partial charge in [-0.05, 0) is 37.0 Å². The fourth-order valence-electron chi connectivity index (χ4n) is 2.76. The van der Waals surface area contributed by atoms with Gasteiger partial charge in [0.2, 0.25) is 5.91 Å². The van der Waals surface area contributed by atoms with Crippen LogP contribution in [0.3, 0.4) is 0 Å². The second kappa shape index (κ2) is 7.78. The minimum atomic E-state index is -0.237. The highest BCUT2D eigenvalue weighted by Gasteiger charge is 2.18. The molecule has 1 aliphatic rings. The van der Waals surface area contributed by atoms with Gasteiger partial charge in [-0.2, -0.15) is 0 Å². The number of carbonyl (C=O) groups is 2. The van der Waals surface area contributed by atoms with Crippen LogP contribution in [0.15, 0.2) is 30.0 Å². The summed E-state index contributed by atoms with van der Waals surface area (Å²) < 4.78 is 0. The zero-order chi connectivity index (χ0) is 15.9. The lowest BCUT2D eigenvalue weighted by Crippen LogP contribution is -2.40. The molecule has 0 bridgehead atoms. The molecule has 4 nitrogen and oxygen atoms in total. The maximum Gasteiger partial charge on any atom is 0.268 e. The molecule has 0 aromatic heterocycles. The second-order valence-electron chi connectivity index (χ2n) is 5.90. The second-order valence-corrected chi connectivity index (χ2v) is 5.90. The number of rotatable bonds is 4. The van der Waals surface area contributed by atoms with Crippen molar-refractivity contribution < 1.29 is 9.59 Å². The number of carbonyl (C=O) groups excluding carboxylic acids is 2. The van der Waals surface area contributed by atoms with Gasteiger partial charge in [-0.15, -0.1) is 0 Å². The van der Waals surface area contributed by atoms with Crippen molar-refractivity contribution in [2.24, 2.45) is 0 Å². The molecule has 2 N–H and O–H groups in total. The first-order valence-corrected chi connectivity index (χ1v) is 7.92. The molecular weight excluding hydrogens is 276 g/mol. The summed E-state index contributed by atoms with van der Waals surface area (Å²) in [5, 5.41) is 5.70. The van der Waals surface area contributed by atoms with Crippen molar-refractivity contribution >= 4 is 17.9 Å². The highest BCUT2D eigenvalue weighted by Crippen LogP contribution is 2.18. The van der Waals surface area contributed by atoms with Gasteiger partial charge < -0.3 is 10.6 Å². The molecule has 0 aliphatic heterocycles. The van der Waals surface area contributed by atoms with Gasteiger partial charge in [0.25, 0.3) is 5.91 Å². The Morgan fingerprint density at radius 3 is 2.45 bits per heavy atom. The SMILES string of the molecule is CC(=O)N/C(=C\c1ccccc1C)C(=O)NC1CCCCC1. The van der Waals surface area contributed by atoms with Crippen molar-refractivity contribution in [3.63, 3.8) is 0 Å². The quantitative estimate of drug-likeness (QED) is 0.840. The average Bonchev–Trinajstić information content (AvgIpc) is 2.49. The summed E-state index contributed by atoms with van der Waals surface area (Å²) in [5.74, 6) is -0.441. The predicted octanol–water partition coefficient (Wildman–Crippen LogP) is 2.92. The third-order valence-corrected chi connectivity index (χ3v) is 3.98. The summed E-state index contributed by atoms with van der Waals surface area (Å²) in [6.07, 6.45) is 7.33. The van der Waals surface area contributed by atoms with Crippen LogP contribution in [0.2, 0.25) is 0 Å². The van der Waals surface area contributed by atoms with Crippen molar-refractivity contribution in [3.8, 4) is 0 Å². The van der Waals surface area contributed by atoms with Crippen molar-refractivity contribution in [1.82, 2.24) is 10.6 Å². The van der Waals surface area contributed by atoms with E-state index in [2.05, 4.69) is 10.6 Å². The number of nitrogens with one attached hydrogen (secondary N) is 2. The smallest absolute Gasteiger partial charge is 0.268 e. The van der Waals surface area contributed by atoms with Crippen molar-refractivity contribution in [3.05, 3.63) is 41.1 Å². The molecule has 2 rings (SSSR count). The van der Waals surface area contributed by atoms with Crippen molar-refractivity contribution in [2.45, 2.75) is 52.0 Å². The van der Waals surface area contributed by atoms with E-state index in [-0.39, 0.29) is 17.9 Å². The number of aryl methyl sites for hydroxylation is 1. The molecule has 0 saturated heterocycles. The van der Waals surface area contributed by atoms with Crippen LogP contribution in [0.25, 0.3) is 6.08 Å². The van der Waals surface area contributed by atoms with Crippen LogP contribution < -0.4 is 10.6 Å². The predicted molar refractivity (Wildman–Crippen MR) is 88.0 cm³/mol. The van der Waals surface area contributed by atoms with Crippen LogP contribution in [0, 0.1) is 6.92 Å². The van der Waals surface area contributed by atoms with Crippen LogP contribution in [-0.4, -0.2) is 17.9 Å². The topological polar surface area (TPSA) is 58.2 Å². The minimum absolute atomic E-state index is 0.203. The molecule has 1 fully saturated rings. The Morgan fingerprint density at radius 2 is 1.82 bits per heavy atom. The van der Waals surface area contributed by atoms with Crippen LogP contribution in [-0.2, 0) is 9.59 Å². The zero-order valence-corrected chi connectivity index (χ0v) is 13.3. The van der Waals surface area contributed by atoms with E-state index < -0.39 is 0 Å². The summed E-state index contributed by atoms with van der Waals surface area (Å²) >= 11 is 0. The average molecular weight is 300 g/mol. The molecule has 1 aliphatic carbocycles. The lowest BCUT2D eigenvalue weighted by atomic mass is 9.95. The maximum atomic E-state index is 12.5. The van der Waals surface area contributed by atoms with Gasteiger partial charge in [-0.25, -0.2) is 0 Å². The standard InChI is InChI=1S/C18H24N2O2/c1-13-8-6-7-9-15(13)12-17(19-14(2)21)18(22)20-16-10-4-3-5-11-16/h6-9,12,16H,3-5,10-11H2,1-2H3,(H,19,21)(H,20,22)/b17-12-. The molecule has 1 aromatic carbocycles. The van der Waals surface area contributed by atoms with E-state index in [1.54, 1.807) is 6.08 Å². The Balaban J connectivity index is 2.16. The molecule has 0 unspecified atom stereocenters. The van der Waals surface area contributed by atoms with Gasteiger partial charge in [0, 0.05) is 13.0 Å². The van der Waals surface area contributed by atoms with E-state index >= 15 is 0 Å². The normalized spacial score (nSPS) is 16.2. The van der Waals surface area contributed by atoms with Crippen LogP contribution in [0.1, 0.15) is 50.2 Å². The number of hydrogen-bond donors (Lipinski definition) is 2. The summed E-state index contributed by atoms with van der Waals surface area (Å²) in [6, 6.07) is 8.01. The number of amides is 2. The Bertz CT molecular complexity index is 572. The molecular formula is C18H24N2O2. The summed E-state index contributed by atoms with van der Waals surface area (Å²) in [4.78, 5) is 23.9. The van der Waals surface area contributed by atoms with Crippen LogP contribution in [0.4, 0.5) is 0 Å². The van der Waals surface area contributed by atoms with Gasteiger partial charge in [-0.1, -0.05) is 43.5 Å². The van der Waals surface area contributed by atoms with Gasteiger partial charge in [0.1, 0.15) is 5.70 Å². The third kappa shape index (κ3) is 4.72. The summed E-state index contributed by atoms with van der Waals surface area (Å²) in [6.45, 7) is 3.40. The highest BCUT2D eigenvalue weighted by atomic mass is 16.2. The van der Waals surface area contributed by atoms with Crippen molar-refractivity contribution in [1.29, 1.82) is 0 Å². The highest BCUT2D eigenvalue weighted by molar-refractivity contribution is 6.01. The first-order chi connectivity index (χ1) is 10.6. The number of benzene rings is 1. The Hall–Kier alpha value is -2.10. The third-order valence-electron chi connectivity index (χ3n) is 3.98. The molecule has 118 valence electrons. The van der Waals surface area contributed by atoms with Crippen LogP contribution >= 0.6 is 0 Å². The van der Waals surface area contributed by atoms with Gasteiger partial charge >= 0.3 is 0 Å².